The van der Waals surface area contributed by atoms with Gasteiger partial charge in [-0.3, -0.25) is 0 Å². The number of nitrogen functional groups attached to an aromatic ring is 1. The SMILES string of the molecule is Cc1ccccc1/C=N\n1c(N)c(S(=O)(=O)c2ccccc2)c2nc3ccccc3nc21. The zero-order chi connectivity index (χ0) is 22.3. The van der Waals surface area contributed by atoms with Gasteiger partial charge in [0.2, 0.25) is 9.84 Å². The summed E-state index contributed by atoms with van der Waals surface area (Å²) < 4.78 is 28.4. The minimum atomic E-state index is -3.96. The Bertz CT molecular complexity index is 1610. The number of nitrogens with zero attached hydrogens (tertiary/aromatic N) is 4. The van der Waals surface area contributed by atoms with E-state index in [4.69, 9.17) is 5.73 Å². The number of anilines is 1. The summed E-state index contributed by atoms with van der Waals surface area (Å²) in [6.45, 7) is 1.97. The van der Waals surface area contributed by atoms with E-state index in [-0.39, 0.29) is 26.8 Å². The largest absolute Gasteiger partial charge is 0.382 e. The molecule has 7 nitrogen and oxygen atoms in total. The molecule has 0 saturated carbocycles. The molecule has 158 valence electrons. The lowest BCUT2D eigenvalue weighted by Crippen LogP contribution is -2.06. The zero-order valence-electron chi connectivity index (χ0n) is 17.2. The maximum Gasteiger partial charge on any atom is 0.212 e. The van der Waals surface area contributed by atoms with Crippen molar-refractivity contribution >= 4 is 44.1 Å². The Morgan fingerprint density at radius 1 is 0.875 bits per heavy atom. The van der Waals surface area contributed by atoms with E-state index in [1.807, 2.05) is 49.4 Å². The number of nitrogens with two attached hydrogens (primary N) is 1. The van der Waals surface area contributed by atoms with Gasteiger partial charge in [0.25, 0.3) is 0 Å². The first-order chi connectivity index (χ1) is 15.5. The van der Waals surface area contributed by atoms with Crippen molar-refractivity contribution in [3.05, 3.63) is 90.0 Å². The van der Waals surface area contributed by atoms with Crippen LogP contribution in [0.5, 0.6) is 0 Å². The molecule has 8 heteroatoms. The Kier molecular flexibility index (Phi) is 4.71. The van der Waals surface area contributed by atoms with Crippen molar-refractivity contribution in [1.82, 2.24) is 14.6 Å². The number of aryl methyl sites for hydroxylation is 1. The van der Waals surface area contributed by atoms with E-state index in [1.54, 1.807) is 30.5 Å². The van der Waals surface area contributed by atoms with Crippen molar-refractivity contribution in [2.45, 2.75) is 16.7 Å². The molecular formula is C24H19N5O2S. The number of rotatable bonds is 4. The number of aromatic nitrogens is 3. The first-order valence-electron chi connectivity index (χ1n) is 9.93. The van der Waals surface area contributed by atoms with E-state index >= 15 is 0 Å². The van der Waals surface area contributed by atoms with Gasteiger partial charge in [-0.2, -0.15) is 9.78 Å². The Morgan fingerprint density at radius 2 is 1.50 bits per heavy atom. The third-order valence-electron chi connectivity index (χ3n) is 5.25. The molecule has 0 unspecified atom stereocenters. The smallest absolute Gasteiger partial charge is 0.212 e. The van der Waals surface area contributed by atoms with Crippen molar-refractivity contribution in [3.63, 3.8) is 0 Å². The third-order valence-corrected chi connectivity index (χ3v) is 7.08. The Labute approximate surface area is 184 Å². The van der Waals surface area contributed by atoms with Gasteiger partial charge in [-0.1, -0.05) is 54.6 Å². The number of para-hydroxylation sites is 2. The molecule has 5 aromatic rings. The average molecular weight is 442 g/mol. The summed E-state index contributed by atoms with van der Waals surface area (Å²) in [7, 11) is -3.96. The van der Waals surface area contributed by atoms with Gasteiger partial charge in [0.1, 0.15) is 16.2 Å². The highest BCUT2D eigenvalue weighted by molar-refractivity contribution is 7.92. The molecule has 0 fully saturated rings. The van der Waals surface area contributed by atoms with E-state index in [0.717, 1.165) is 11.1 Å². The van der Waals surface area contributed by atoms with Crippen molar-refractivity contribution < 1.29 is 8.42 Å². The summed E-state index contributed by atoms with van der Waals surface area (Å²) in [6.07, 6.45) is 1.64. The van der Waals surface area contributed by atoms with E-state index in [9.17, 15) is 8.42 Å². The van der Waals surface area contributed by atoms with Crippen molar-refractivity contribution in [2.24, 2.45) is 5.10 Å². The van der Waals surface area contributed by atoms with Gasteiger partial charge in [0.15, 0.2) is 5.65 Å². The van der Waals surface area contributed by atoms with Gasteiger partial charge >= 0.3 is 0 Å². The van der Waals surface area contributed by atoms with E-state index in [1.165, 1.54) is 16.8 Å². The maximum absolute atomic E-state index is 13.5. The van der Waals surface area contributed by atoms with Gasteiger partial charge in [-0.25, -0.2) is 18.4 Å². The first-order valence-corrected chi connectivity index (χ1v) is 11.4. The maximum atomic E-state index is 13.5. The third kappa shape index (κ3) is 3.21. The van der Waals surface area contributed by atoms with Gasteiger partial charge in [-0.05, 0) is 42.3 Å². The molecule has 0 bridgehead atoms. The fourth-order valence-electron chi connectivity index (χ4n) is 3.57. The summed E-state index contributed by atoms with van der Waals surface area (Å²) in [4.78, 5) is 9.28. The van der Waals surface area contributed by atoms with Gasteiger partial charge < -0.3 is 5.73 Å². The molecule has 32 heavy (non-hydrogen) atoms. The van der Waals surface area contributed by atoms with Gasteiger partial charge in [0, 0.05) is 0 Å². The quantitative estimate of drug-likeness (QED) is 0.421. The zero-order valence-corrected chi connectivity index (χ0v) is 18.0. The second-order valence-corrected chi connectivity index (χ2v) is 9.21. The number of benzene rings is 3. The van der Waals surface area contributed by atoms with Crippen molar-refractivity contribution in [3.8, 4) is 0 Å². The minimum absolute atomic E-state index is 0.0380. The fourth-order valence-corrected chi connectivity index (χ4v) is 5.08. The molecule has 0 saturated heterocycles. The lowest BCUT2D eigenvalue weighted by Gasteiger charge is -2.04. The normalized spacial score (nSPS) is 12.2. The predicted octanol–water partition coefficient (Wildman–Crippen LogP) is 4.19. The first kappa shape index (κ1) is 19.9. The van der Waals surface area contributed by atoms with Crippen LogP contribution in [0.15, 0.2) is 93.8 Å². The van der Waals surface area contributed by atoms with Crippen LogP contribution in [0, 0.1) is 6.92 Å². The summed E-state index contributed by atoms with van der Waals surface area (Å²) >= 11 is 0. The van der Waals surface area contributed by atoms with Crippen LogP contribution in [0.4, 0.5) is 5.82 Å². The number of sulfone groups is 1. The van der Waals surface area contributed by atoms with Crippen LogP contribution < -0.4 is 5.73 Å². The lowest BCUT2D eigenvalue weighted by atomic mass is 10.1. The van der Waals surface area contributed by atoms with E-state index < -0.39 is 9.84 Å². The summed E-state index contributed by atoms with van der Waals surface area (Å²) in [6, 6.07) is 23.1. The Hall–Kier alpha value is -4.04. The summed E-state index contributed by atoms with van der Waals surface area (Å²) in [5.74, 6) is -0.0380. The molecule has 0 atom stereocenters. The van der Waals surface area contributed by atoms with Gasteiger partial charge in [-0.15, -0.1) is 0 Å². The molecule has 0 radical (unpaired) electrons. The molecule has 0 aliphatic rings. The summed E-state index contributed by atoms with van der Waals surface area (Å²) in [5.41, 5.74) is 9.96. The number of fused-ring (bicyclic) bond motifs is 2. The lowest BCUT2D eigenvalue weighted by molar-refractivity contribution is 0.597. The minimum Gasteiger partial charge on any atom is -0.382 e. The van der Waals surface area contributed by atoms with Crippen LogP contribution in [-0.4, -0.2) is 29.3 Å². The molecule has 2 N–H and O–H groups in total. The van der Waals surface area contributed by atoms with Crippen LogP contribution >= 0.6 is 0 Å². The Morgan fingerprint density at radius 3 is 2.22 bits per heavy atom. The van der Waals surface area contributed by atoms with E-state index in [0.29, 0.717) is 11.0 Å². The standard InChI is InChI=1S/C24H19N5O2S/c1-16-9-5-6-10-17(16)15-26-29-23(25)22(32(30,31)18-11-3-2-4-12-18)21-24(29)28-20-14-8-7-13-19(20)27-21/h2-15H,25H2,1H3/b26-15-. The summed E-state index contributed by atoms with van der Waals surface area (Å²) in [5, 5.41) is 4.50. The van der Waals surface area contributed by atoms with Crippen LogP contribution in [0.1, 0.15) is 11.1 Å². The van der Waals surface area contributed by atoms with Crippen LogP contribution in [0.25, 0.3) is 22.2 Å². The second kappa shape index (κ2) is 7.58. The molecular weight excluding hydrogens is 422 g/mol. The van der Waals surface area contributed by atoms with Crippen LogP contribution in [0.3, 0.4) is 0 Å². The molecule has 0 amide bonds. The van der Waals surface area contributed by atoms with Crippen LogP contribution in [0.2, 0.25) is 0 Å². The topological polar surface area (TPSA) is 103 Å². The molecule has 2 heterocycles. The van der Waals surface area contributed by atoms with Crippen LogP contribution in [-0.2, 0) is 9.84 Å². The average Bonchev–Trinajstić information content (AvgIpc) is 3.08. The molecule has 3 aromatic carbocycles. The molecule has 0 spiro atoms. The monoisotopic (exact) mass is 441 g/mol. The van der Waals surface area contributed by atoms with Gasteiger partial charge in [0.05, 0.1) is 22.1 Å². The molecule has 0 aliphatic heterocycles. The number of hydrogen-bond donors (Lipinski definition) is 1. The molecule has 2 aromatic heterocycles. The highest BCUT2D eigenvalue weighted by atomic mass is 32.2. The fraction of sp³-hybridized carbons (Fsp3) is 0.0417. The highest BCUT2D eigenvalue weighted by Crippen LogP contribution is 2.35. The van der Waals surface area contributed by atoms with Crippen molar-refractivity contribution in [1.29, 1.82) is 0 Å². The number of hydrogen-bond acceptors (Lipinski definition) is 6. The molecule has 5 rings (SSSR count). The predicted molar refractivity (Wildman–Crippen MR) is 126 cm³/mol. The Balaban J connectivity index is 1.82. The van der Waals surface area contributed by atoms with Crippen molar-refractivity contribution in [2.75, 3.05) is 5.73 Å². The van der Waals surface area contributed by atoms with E-state index in [2.05, 4.69) is 15.1 Å². The highest BCUT2D eigenvalue weighted by Gasteiger charge is 2.30. The molecule has 0 aliphatic carbocycles. The second-order valence-electron chi connectivity index (χ2n) is 7.33.